The van der Waals surface area contributed by atoms with Gasteiger partial charge in [-0.25, -0.2) is 4.79 Å². The third-order valence-electron chi connectivity index (χ3n) is 3.42. The van der Waals surface area contributed by atoms with Crippen LogP contribution in [0.2, 0.25) is 0 Å². The molecule has 2 N–H and O–H groups in total. The first-order valence-corrected chi connectivity index (χ1v) is 6.64. The van der Waals surface area contributed by atoms with E-state index in [9.17, 15) is 9.90 Å². The zero-order valence-corrected chi connectivity index (χ0v) is 11.1. The molecule has 1 atom stereocenters. The van der Waals surface area contributed by atoms with Crippen molar-refractivity contribution in [1.82, 2.24) is 0 Å². The van der Waals surface area contributed by atoms with Crippen molar-refractivity contribution in [3.63, 3.8) is 0 Å². The van der Waals surface area contributed by atoms with E-state index in [4.69, 9.17) is 5.11 Å². The van der Waals surface area contributed by atoms with E-state index in [1.165, 1.54) is 0 Å². The predicted octanol–water partition coefficient (Wildman–Crippen LogP) is 3.85. The lowest BCUT2D eigenvalue weighted by Gasteiger charge is -2.16. The maximum atomic E-state index is 11.1. The van der Waals surface area contributed by atoms with Crippen LogP contribution in [0.1, 0.15) is 55.5 Å². The van der Waals surface area contributed by atoms with Gasteiger partial charge in [0.15, 0.2) is 0 Å². The monoisotopic (exact) mass is 250 g/mol. The molecule has 3 heteroatoms. The Labute approximate surface area is 108 Å². The van der Waals surface area contributed by atoms with Crippen LogP contribution in [0.5, 0.6) is 5.75 Å². The van der Waals surface area contributed by atoms with Crippen molar-refractivity contribution in [2.75, 3.05) is 0 Å². The molecule has 0 bridgehead atoms. The summed E-state index contributed by atoms with van der Waals surface area (Å²) in [6, 6.07) is 4.70. The normalized spacial score (nSPS) is 12.3. The summed E-state index contributed by atoms with van der Waals surface area (Å²) in [7, 11) is 0. The first-order valence-electron chi connectivity index (χ1n) is 6.64. The van der Waals surface area contributed by atoms with Crippen molar-refractivity contribution >= 4 is 5.97 Å². The molecule has 0 saturated heterocycles. The molecular weight excluding hydrogens is 228 g/mol. The molecule has 0 aliphatic carbocycles. The number of carboxylic acids is 1. The van der Waals surface area contributed by atoms with E-state index in [-0.39, 0.29) is 11.3 Å². The Bertz CT molecular complexity index is 399. The molecule has 0 amide bonds. The van der Waals surface area contributed by atoms with Crippen molar-refractivity contribution in [3.05, 3.63) is 29.3 Å². The van der Waals surface area contributed by atoms with Gasteiger partial charge < -0.3 is 10.2 Å². The van der Waals surface area contributed by atoms with E-state index in [1.807, 2.05) is 0 Å². The molecule has 1 aromatic rings. The second-order valence-corrected chi connectivity index (χ2v) is 4.73. The molecule has 1 unspecified atom stereocenters. The summed E-state index contributed by atoms with van der Waals surface area (Å²) in [6.45, 7) is 4.26. The molecule has 0 spiro atoms. The number of hydrogen-bond donors (Lipinski definition) is 2. The number of aromatic carboxylic acids is 1. The van der Waals surface area contributed by atoms with E-state index in [0.717, 1.165) is 25.7 Å². The highest BCUT2D eigenvalue weighted by Crippen LogP contribution is 2.27. The van der Waals surface area contributed by atoms with Gasteiger partial charge in [0.2, 0.25) is 0 Å². The lowest BCUT2D eigenvalue weighted by molar-refractivity contribution is 0.0694. The Kier molecular flexibility index (Phi) is 5.69. The molecule has 0 aliphatic rings. The molecule has 18 heavy (non-hydrogen) atoms. The fourth-order valence-corrected chi connectivity index (χ4v) is 2.22. The SMILES string of the molecule is CCCCC(CC)Cc1c(O)cccc1C(=O)O. The molecule has 0 radical (unpaired) electrons. The van der Waals surface area contributed by atoms with Gasteiger partial charge in [-0.05, 0) is 24.5 Å². The molecule has 0 heterocycles. The molecule has 3 nitrogen and oxygen atoms in total. The number of carbonyl (C=O) groups is 1. The summed E-state index contributed by atoms with van der Waals surface area (Å²) in [5.74, 6) is -0.424. The second kappa shape index (κ2) is 7.04. The highest BCUT2D eigenvalue weighted by molar-refractivity contribution is 5.90. The number of phenolic OH excluding ortho intramolecular Hbond substituents is 1. The molecule has 0 aromatic heterocycles. The lowest BCUT2D eigenvalue weighted by atomic mass is 9.89. The van der Waals surface area contributed by atoms with Gasteiger partial charge >= 0.3 is 5.97 Å². The van der Waals surface area contributed by atoms with Crippen LogP contribution in [-0.2, 0) is 6.42 Å². The van der Waals surface area contributed by atoms with Gasteiger partial charge in [0, 0.05) is 5.56 Å². The summed E-state index contributed by atoms with van der Waals surface area (Å²) >= 11 is 0. The van der Waals surface area contributed by atoms with Crippen LogP contribution in [-0.4, -0.2) is 16.2 Å². The number of rotatable bonds is 7. The third-order valence-corrected chi connectivity index (χ3v) is 3.42. The summed E-state index contributed by atoms with van der Waals surface area (Å²) < 4.78 is 0. The van der Waals surface area contributed by atoms with Crippen molar-refractivity contribution in [2.24, 2.45) is 5.92 Å². The van der Waals surface area contributed by atoms with Crippen molar-refractivity contribution in [2.45, 2.75) is 46.0 Å². The van der Waals surface area contributed by atoms with Crippen LogP contribution >= 0.6 is 0 Å². The maximum Gasteiger partial charge on any atom is 0.336 e. The minimum atomic E-state index is -0.966. The van der Waals surface area contributed by atoms with Gasteiger partial charge in [0.25, 0.3) is 0 Å². The summed E-state index contributed by atoms with van der Waals surface area (Å²) in [5, 5.41) is 19.0. The van der Waals surface area contributed by atoms with E-state index < -0.39 is 5.97 Å². The Morgan fingerprint density at radius 1 is 1.33 bits per heavy atom. The molecule has 0 fully saturated rings. The highest BCUT2D eigenvalue weighted by Gasteiger charge is 2.17. The Morgan fingerprint density at radius 2 is 2.06 bits per heavy atom. The van der Waals surface area contributed by atoms with Crippen LogP contribution in [0.15, 0.2) is 18.2 Å². The molecule has 1 rings (SSSR count). The zero-order chi connectivity index (χ0) is 13.5. The number of carboxylic acid groups (broad SMARTS) is 1. The Morgan fingerprint density at radius 3 is 2.61 bits per heavy atom. The summed E-state index contributed by atoms with van der Waals surface area (Å²) in [5.41, 5.74) is 0.804. The van der Waals surface area contributed by atoms with E-state index in [0.29, 0.717) is 17.9 Å². The first kappa shape index (κ1) is 14.6. The van der Waals surface area contributed by atoms with Crippen molar-refractivity contribution in [1.29, 1.82) is 0 Å². The number of benzene rings is 1. The van der Waals surface area contributed by atoms with E-state index >= 15 is 0 Å². The van der Waals surface area contributed by atoms with E-state index in [1.54, 1.807) is 18.2 Å². The number of hydrogen-bond acceptors (Lipinski definition) is 2. The van der Waals surface area contributed by atoms with Crippen LogP contribution in [0, 0.1) is 5.92 Å². The minimum absolute atomic E-state index is 0.102. The van der Waals surface area contributed by atoms with Gasteiger partial charge in [-0.2, -0.15) is 0 Å². The topological polar surface area (TPSA) is 57.5 Å². The van der Waals surface area contributed by atoms with Crippen LogP contribution in [0.25, 0.3) is 0 Å². The van der Waals surface area contributed by atoms with Gasteiger partial charge in [0.1, 0.15) is 5.75 Å². The van der Waals surface area contributed by atoms with Gasteiger partial charge in [-0.15, -0.1) is 0 Å². The number of aromatic hydroxyl groups is 1. The lowest BCUT2D eigenvalue weighted by Crippen LogP contribution is -2.09. The first-order chi connectivity index (χ1) is 8.60. The fourth-order valence-electron chi connectivity index (χ4n) is 2.22. The summed E-state index contributed by atoms with van der Waals surface area (Å²) in [6.07, 6.45) is 5.02. The van der Waals surface area contributed by atoms with Crippen LogP contribution in [0.3, 0.4) is 0 Å². The van der Waals surface area contributed by atoms with Crippen LogP contribution in [0.4, 0.5) is 0 Å². The predicted molar refractivity (Wildman–Crippen MR) is 72.1 cm³/mol. The number of phenols is 1. The van der Waals surface area contributed by atoms with Crippen molar-refractivity contribution < 1.29 is 15.0 Å². The molecule has 0 aliphatic heterocycles. The molecule has 1 aromatic carbocycles. The Balaban J connectivity index is 2.90. The smallest absolute Gasteiger partial charge is 0.336 e. The standard InChI is InChI=1S/C15H22O3/c1-3-5-7-11(4-2)10-13-12(15(17)18)8-6-9-14(13)16/h6,8-9,11,16H,3-5,7,10H2,1-2H3,(H,17,18). The Hall–Kier alpha value is -1.51. The molecule has 100 valence electrons. The second-order valence-electron chi connectivity index (χ2n) is 4.73. The van der Waals surface area contributed by atoms with Gasteiger partial charge in [-0.3, -0.25) is 0 Å². The van der Waals surface area contributed by atoms with Crippen LogP contribution < -0.4 is 0 Å². The van der Waals surface area contributed by atoms with Gasteiger partial charge in [-0.1, -0.05) is 45.6 Å². The fraction of sp³-hybridized carbons (Fsp3) is 0.533. The average Bonchev–Trinajstić information content (AvgIpc) is 2.35. The quantitative estimate of drug-likeness (QED) is 0.772. The largest absolute Gasteiger partial charge is 0.508 e. The highest BCUT2D eigenvalue weighted by atomic mass is 16.4. The minimum Gasteiger partial charge on any atom is -0.508 e. The zero-order valence-electron chi connectivity index (χ0n) is 11.1. The summed E-state index contributed by atoms with van der Waals surface area (Å²) in [4.78, 5) is 11.1. The van der Waals surface area contributed by atoms with Crippen molar-refractivity contribution in [3.8, 4) is 5.75 Å². The maximum absolute atomic E-state index is 11.1. The number of unbranched alkanes of at least 4 members (excludes halogenated alkanes) is 1. The molecule has 0 saturated carbocycles. The average molecular weight is 250 g/mol. The third kappa shape index (κ3) is 3.76. The molecular formula is C15H22O3. The van der Waals surface area contributed by atoms with Gasteiger partial charge in [0.05, 0.1) is 5.56 Å². The van der Waals surface area contributed by atoms with E-state index in [2.05, 4.69) is 13.8 Å².